The lowest BCUT2D eigenvalue weighted by molar-refractivity contribution is 0.601. The van der Waals surface area contributed by atoms with E-state index in [0.29, 0.717) is 5.02 Å². The number of nitriles is 1. The predicted octanol–water partition coefficient (Wildman–Crippen LogP) is 1.03. The Kier molecular flexibility index (Phi) is 3.51. The normalized spacial score (nSPS) is 11.3. The van der Waals surface area contributed by atoms with Crippen molar-refractivity contribution < 1.29 is 8.42 Å². The van der Waals surface area contributed by atoms with Crippen LogP contribution in [-0.2, 0) is 10.0 Å². The van der Waals surface area contributed by atoms with Crippen LogP contribution < -0.4 is 10.5 Å². The molecule has 9 nitrogen and oxygen atoms in total. The molecular weight excluding hydrogens is 342 g/mol. The van der Waals surface area contributed by atoms with Crippen molar-refractivity contribution in [3.8, 4) is 6.07 Å². The third kappa shape index (κ3) is 2.75. The van der Waals surface area contributed by atoms with Gasteiger partial charge >= 0.3 is 0 Å². The molecule has 0 amide bonds. The minimum atomic E-state index is -3.89. The fraction of sp³-hybridized carbons (Fsp3) is 0. The Balaban J connectivity index is 2.00. The lowest BCUT2D eigenvalue weighted by Gasteiger charge is -2.04. The highest BCUT2D eigenvalue weighted by atomic mass is 35.5. The van der Waals surface area contributed by atoms with Crippen molar-refractivity contribution in [3.05, 3.63) is 41.0 Å². The first-order valence-electron chi connectivity index (χ1n) is 6.10. The van der Waals surface area contributed by atoms with Gasteiger partial charge in [-0.2, -0.15) is 14.8 Å². The largest absolute Gasteiger partial charge is 0.382 e. The van der Waals surface area contributed by atoms with Gasteiger partial charge in [0.25, 0.3) is 21.7 Å². The number of rotatable bonds is 3. The molecule has 11 heteroatoms. The summed E-state index contributed by atoms with van der Waals surface area (Å²) in [5, 5.41) is 13.2. The van der Waals surface area contributed by atoms with Crippen LogP contribution in [0.4, 0.5) is 11.8 Å². The molecule has 0 aliphatic heterocycles. The van der Waals surface area contributed by atoms with Crippen molar-refractivity contribution in [1.29, 1.82) is 5.26 Å². The number of nitrogens with zero attached hydrogens (tertiary/aromatic N) is 5. The summed E-state index contributed by atoms with van der Waals surface area (Å²) in [4.78, 5) is 7.79. The van der Waals surface area contributed by atoms with E-state index in [1.165, 1.54) is 30.5 Å². The van der Waals surface area contributed by atoms with Gasteiger partial charge in [-0.1, -0.05) is 11.6 Å². The maximum Gasteiger partial charge on any atom is 0.264 e. The van der Waals surface area contributed by atoms with Gasteiger partial charge in [-0.05, 0) is 24.3 Å². The third-order valence-corrected chi connectivity index (χ3v) is 4.47. The number of fused-ring (bicyclic) bond motifs is 1. The summed E-state index contributed by atoms with van der Waals surface area (Å²) < 4.78 is 27.8. The molecule has 2 aromatic heterocycles. The van der Waals surface area contributed by atoms with Crippen molar-refractivity contribution in [2.45, 2.75) is 4.90 Å². The molecule has 3 rings (SSSR count). The van der Waals surface area contributed by atoms with E-state index in [9.17, 15) is 8.42 Å². The Morgan fingerprint density at radius 2 is 2.00 bits per heavy atom. The highest BCUT2D eigenvalue weighted by Gasteiger charge is 2.18. The summed E-state index contributed by atoms with van der Waals surface area (Å²) in [6.45, 7) is 0. The lowest BCUT2D eigenvalue weighted by atomic mass is 10.3. The molecule has 0 aliphatic rings. The number of aromatic nitrogens is 4. The predicted molar refractivity (Wildman–Crippen MR) is 82.2 cm³/mol. The molecule has 0 unspecified atom stereocenters. The Morgan fingerprint density at radius 1 is 1.30 bits per heavy atom. The number of anilines is 2. The minimum Gasteiger partial charge on any atom is -0.382 e. The molecule has 3 aromatic rings. The fourth-order valence-corrected chi connectivity index (χ4v) is 2.84. The Bertz CT molecular complexity index is 1040. The van der Waals surface area contributed by atoms with E-state index < -0.39 is 10.0 Å². The Hall–Kier alpha value is -2.90. The van der Waals surface area contributed by atoms with Gasteiger partial charge < -0.3 is 5.73 Å². The fourth-order valence-electron chi connectivity index (χ4n) is 1.77. The average molecular weight is 350 g/mol. The summed E-state index contributed by atoms with van der Waals surface area (Å²) in [5.74, 6) is -0.133. The van der Waals surface area contributed by atoms with Gasteiger partial charge in [0, 0.05) is 5.02 Å². The number of sulfonamides is 1. The number of nitrogen functional groups attached to an aromatic ring is 1. The van der Waals surface area contributed by atoms with E-state index >= 15 is 0 Å². The maximum atomic E-state index is 12.3. The van der Waals surface area contributed by atoms with Gasteiger partial charge in [0.2, 0.25) is 0 Å². The second-order valence-corrected chi connectivity index (χ2v) is 6.49. The van der Waals surface area contributed by atoms with E-state index in [1.54, 1.807) is 0 Å². The first-order valence-corrected chi connectivity index (χ1v) is 7.96. The molecule has 23 heavy (non-hydrogen) atoms. The van der Waals surface area contributed by atoms with Crippen LogP contribution in [0.15, 0.2) is 35.4 Å². The molecule has 0 bridgehead atoms. The second kappa shape index (κ2) is 5.38. The molecule has 3 N–H and O–H groups in total. The first-order chi connectivity index (χ1) is 10.9. The van der Waals surface area contributed by atoms with E-state index in [2.05, 4.69) is 19.8 Å². The van der Waals surface area contributed by atoms with Gasteiger partial charge in [-0.3, -0.25) is 0 Å². The highest BCUT2D eigenvalue weighted by Crippen LogP contribution is 2.18. The SMILES string of the molecule is N#Cc1cnc2nc(NS(=O)(=O)c3ccc(Cl)cc3)nn2c1N. The van der Waals surface area contributed by atoms with E-state index in [1.807, 2.05) is 6.07 Å². The molecule has 2 heterocycles. The van der Waals surface area contributed by atoms with Crippen molar-refractivity contribution in [1.82, 2.24) is 19.6 Å². The molecule has 116 valence electrons. The van der Waals surface area contributed by atoms with Crippen LogP contribution in [0.2, 0.25) is 5.02 Å². The molecular formula is C12H8ClN7O2S. The summed E-state index contributed by atoms with van der Waals surface area (Å²) in [5.41, 5.74) is 5.85. The molecule has 0 aliphatic carbocycles. The van der Waals surface area contributed by atoms with Gasteiger partial charge in [0.05, 0.1) is 11.1 Å². The third-order valence-electron chi connectivity index (χ3n) is 2.87. The van der Waals surface area contributed by atoms with Crippen molar-refractivity contribution in [2.75, 3.05) is 10.5 Å². The highest BCUT2D eigenvalue weighted by molar-refractivity contribution is 7.92. The van der Waals surface area contributed by atoms with Crippen LogP contribution in [0.5, 0.6) is 0 Å². The van der Waals surface area contributed by atoms with Crippen LogP contribution in [0.1, 0.15) is 5.56 Å². The molecule has 0 saturated carbocycles. The number of nitrogens with one attached hydrogen (secondary N) is 1. The lowest BCUT2D eigenvalue weighted by Crippen LogP contribution is -2.14. The summed E-state index contributed by atoms with van der Waals surface area (Å²) in [6.07, 6.45) is 1.23. The van der Waals surface area contributed by atoms with Crippen molar-refractivity contribution in [3.63, 3.8) is 0 Å². The zero-order valence-corrected chi connectivity index (χ0v) is 12.9. The zero-order valence-electron chi connectivity index (χ0n) is 11.3. The van der Waals surface area contributed by atoms with Crippen LogP contribution in [0.25, 0.3) is 5.78 Å². The number of hydrogen-bond acceptors (Lipinski definition) is 7. The van der Waals surface area contributed by atoms with E-state index in [-0.39, 0.29) is 28.0 Å². The number of hydrogen-bond donors (Lipinski definition) is 2. The molecule has 0 radical (unpaired) electrons. The minimum absolute atomic E-state index is 0.000555. The Morgan fingerprint density at radius 3 is 2.65 bits per heavy atom. The second-order valence-electron chi connectivity index (χ2n) is 4.38. The van der Waals surface area contributed by atoms with Gasteiger partial charge in [0.15, 0.2) is 0 Å². The summed E-state index contributed by atoms with van der Waals surface area (Å²) in [6, 6.07) is 7.45. The quantitative estimate of drug-likeness (QED) is 0.719. The smallest absolute Gasteiger partial charge is 0.264 e. The Labute approximate surface area is 135 Å². The number of nitrogens with two attached hydrogens (primary N) is 1. The summed E-state index contributed by atoms with van der Waals surface area (Å²) >= 11 is 5.73. The molecule has 0 fully saturated rings. The van der Waals surface area contributed by atoms with Crippen LogP contribution in [-0.4, -0.2) is 28.0 Å². The van der Waals surface area contributed by atoms with E-state index in [4.69, 9.17) is 22.6 Å². The molecule has 0 atom stereocenters. The van der Waals surface area contributed by atoms with E-state index in [0.717, 1.165) is 4.52 Å². The maximum absolute atomic E-state index is 12.3. The number of benzene rings is 1. The number of halogens is 1. The van der Waals surface area contributed by atoms with Crippen LogP contribution in [0.3, 0.4) is 0 Å². The summed E-state index contributed by atoms with van der Waals surface area (Å²) in [7, 11) is -3.89. The van der Waals surface area contributed by atoms with Gasteiger partial charge in [-0.15, -0.1) is 5.10 Å². The standard InChI is InChI=1S/C12H8ClN7O2S/c13-8-1-3-9(4-2-8)23(21,22)19-11-17-12-16-6-7(5-14)10(15)20(12)18-11/h1-4,6H,15H2,(H,18,19). The monoisotopic (exact) mass is 349 g/mol. The first kappa shape index (κ1) is 15.0. The van der Waals surface area contributed by atoms with Crippen LogP contribution >= 0.6 is 11.6 Å². The average Bonchev–Trinajstić information content (AvgIpc) is 2.91. The van der Waals surface area contributed by atoms with Gasteiger partial charge in [-0.25, -0.2) is 18.1 Å². The zero-order chi connectivity index (χ0) is 16.6. The topological polar surface area (TPSA) is 139 Å². The van der Waals surface area contributed by atoms with Crippen molar-refractivity contribution in [2.24, 2.45) is 0 Å². The molecule has 1 aromatic carbocycles. The molecule has 0 saturated heterocycles. The van der Waals surface area contributed by atoms with Crippen LogP contribution in [0, 0.1) is 11.3 Å². The molecule has 0 spiro atoms. The van der Waals surface area contributed by atoms with Crippen molar-refractivity contribution >= 4 is 39.2 Å². The van der Waals surface area contributed by atoms with Gasteiger partial charge in [0.1, 0.15) is 17.5 Å².